The number of H-pyrrole nitrogens is 2. The molecule has 2 aromatic rings. The van der Waals surface area contributed by atoms with Crippen LogP contribution in [0.2, 0.25) is 0 Å². The number of aromatic amines is 2. The van der Waals surface area contributed by atoms with Gasteiger partial charge in [-0.3, -0.25) is 0 Å². The third kappa shape index (κ3) is 4.40. The molecule has 30 heavy (non-hydrogen) atoms. The molecule has 12 nitrogen and oxygen atoms in total. The van der Waals surface area contributed by atoms with E-state index in [0.29, 0.717) is 0 Å². The lowest BCUT2D eigenvalue weighted by Gasteiger charge is -2.08. The van der Waals surface area contributed by atoms with Gasteiger partial charge in [-0.05, 0) is 49.9 Å². The van der Waals surface area contributed by atoms with Crippen LogP contribution in [-0.2, 0) is 20.0 Å². The summed E-state index contributed by atoms with van der Waals surface area (Å²) < 4.78 is 54.1. The monoisotopic (exact) mass is 462 g/mol. The zero-order chi connectivity index (χ0) is 23.0. The van der Waals surface area contributed by atoms with Crippen LogP contribution in [-0.4, -0.2) is 62.0 Å². The van der Waals surface area contributed by atoms with E-state index in [1.54, 1.807) is 0 Å². The highest BCUT2D eigenvalue weighted by atomic mass is 32.2. The molecular weight excluding hydrogens is 440 g/mol. The van der Waals surface area contributed by atoms with Crippen molar-refractivity contribution in [3.8, 4) is 0 Å². The van der Waals surface area contributed by atoms with Crippen LogP contribution < -0.4 is 9.44 Å². The molecule has 0 aliphatic heterocycles. The summed E-state index contributed by atoms with van der Waals surface area (Å²) in [5.74, 6) is -2.61. The van der Waals surface area contributed by atoms with Gasteiger partial charge in [0.15, 0.2) is 10.1 Å². The Balaban J connectivity index is 2.11. The number of hydrogen-bond acceptors (Lipinski definition) is 6. The van der Waals surface area contributed by atoms with Crippen LogP contribution in [0.5, 0.6) is 0 Å². The van der Waals surface area contributed by atoms with E-state index in [2.05, 4.69) is 19.4 Å². The minimum Gasteiger partial charge on any atom is -0.477 e. The van der Waals surface area contributed by atoms with Gasteiger partial charge >= 0.3 is 11.9 Å². The minimum absolute atomic E-state index is 0.235. The number of nitrogens with one attached hydrogen (secondary N) is 4. The standard InChI is InChI=1S/C16H22N4O8S2/c1-7-9(3)13(19-11(7)15(21)22)29(25,26)17-5-6-18-30(27,28)14-10(4)8(2)12(20-14)16(23)24/h17-20H,5-6H2,1-4H3,(H,21,22)(H,23,24). The van der Waals surface area contributed by atoms with E-state index < -0.39 is 32.0 Å². The van der Waals surface area contributed by atoms with Crippen LogP contribution in [0.3, 0.4) is 0 Å². The molecular formula is C16H22N4O8S2. The Hall–Kier alpha value is -2.68. The quantitative estimate of drug-likeness (QED) is 0.284. The molecule has 166 valence electrons. The van der Waals surface area contributed by atoms with E-state index in [4.69, 9.17) is 10.2 Å². The topological polar surface area (TPSA) is 199 Å². The Morgan fingerprint density at radius 3 is 1.23 bits per heavy atom. The molecule has 0 saturated heterocycles. The molecule has 0 atom stereocenters. The number of carboxylic acid groups (broad SMARTS) is 2. The smallest absolute Gasteiger partial charge is 0.352 e. The van der Waals surface area contributed by atoms with Gasteiger partial charge in [0.25, 0.3) is 20.0 Å². The van der Waals surface area contributed by atoms with Crippen molar-refractivity contribution in [1.29, 1.82) is 0 Å². The highest BCUT2D eigenvalue weighted by molar-refractivity contribution is 7.89. The molecule has 0 saturated carbocycles. The molecule has 0 aromatic carbocycles. The molecule has 0 aliphatic carbocycles. The van der Waals surface area contributed by atoms with Gasteiger partial charge in [0.1, 0.15) is 11.4 Å². The Bertz CT molecular complexity index is 1130. The van der Waals surface area contributed by atoms with Crippen molar-refractivity contribution in [3.63, 3.8) is 0 Å². The molecule has 0 fully saturated rings. The zero-order valence-corrected chi connectivity index (χ0v) is 18.2. The van der Waals surface area contributed by atoms with Crippen LogP contribution in [0, 0.1) is 27.7 Å². The molecule has 0 radical (unpaired) electrons. The minimum atomic E-state index is -4.12. The van der Waals surface area contributed by atoms with Crippen molar-refractivity contribution in [2.75, 3.05) is 13.1 Å². The predicted octanol–water partition coefficient (Wildman–Crippen LogP) is 0.230. The van der Waals surface area contributed by atoms with Crippen LogP contribution in [0.15, 0.2) is 10.1 Å². The number of aromatic nitrogens is 2. The summed E-state index contributed by atoms with van der Waals surface area (Å²) in [4.78, 5) is 27.0. The van der Waals surface area contributed by atoms with Gasteiger partial charge in [0, 0.05) is 13.1 Å². The maximum atomic E-state index is 12.4. The van der Waals surface area contributed by atoms with E-state index in [-0.39, 0.29) is 56.8 Å². The lowest BCUT2D eigenvalue weighted by Crippen LogP contribution is -2.35. The molecule has 0 unspecified atom stereocenters. The fraction of sp³-hybridized carbons (Fsp3) is 0.375. The first-order valence-electron chi connectivity index (χ1n) is 8.55. The number of rotatable bonds is 9. The maximum absolute atomic E-state index is 12.4. The van der Waals surface area contributed by atoms with E-state index in [1.165, 1.54) is 27.7 Å². The van der Waals surface area contributed by atoms with Crippen molar-refractivity contribution < 1.29 is 36.6 Å². The summed E-state index contributed by atoms with van der Waals surface area (Å²) in [6.07, 6.45) is 0. The highest BCUT2D eigenvalue weighted by Gasteiger charge is 2.26. The summed E-state index contributed by atoms with van der Waals surface area (Å²) in [5.41, 5.74) is 0.518. The number of aromatic carboxylic acids is 2. The van der Waals surface area contributed by atoms with Gasteiger partial charge in [-0.2, -0.15) is 0 Å². The zero-order valence-electron chi connectivity index (χ0n) is 16.6. The van der Waals surface area contributed by atoms with E-state index >= 15 is 0 Å². The second-order valence-electron chi connectivity index (χ2n) is 6.56. The van der Waals surface area contributed by atoms with Crippen molar-refractivity contribution in [1.82, 2.24) is 19.4 Å². The van der Waals surface area contributed by atoms with Crippen molar-refractivity contribution in [3.05, 3.63) is 33.6 Å². The molecule has 0 amide bonds. The normalized spacial score (nSPS) is 12.3. The predicted molar refractivity (Wildman–Crippen MR) is 105 cm³/mol. The summed E-state index contributed by atoms with van der Waals surface area (Å²) in [5, 5.41) is 17.6. The lowest BCUT2D eigenvalue weighted by molar-refractivity contribution is 0.0679. The van der Waals surface area contributed by atoms with Crippen molar-refractivity contribution in [2.45, 2.75) is 37.7 Å². The fourth-order valence-corrected chi connectivity index (χ4v) is 5.41. The first-order valence-corrected chi connectivity index (χ1v) is 11.5. The number of carboxylic acids is 2. The number of sulfonamides is 2. The van der Waals surface area contributed by atoms with Crippen molar-refractivity contribution >= 4 is 32.0 Å². The largest absolute Gasteiger partial charge is 0.477 e. The summed E-state index contributed by atoms with van der Waals surface area (Å²) >= 11 is 0. The molecule has 0 bridgehead atoms. The van der Waals surface area contributed by atoms with E-state index in [9.17, 15) is 26.4 Å². The number of carbonyl (C=O) groups is 2. The first kappa shape index (κ1) is 23.6. The molecule has 2 aromatic heterocycles. The highest BCUT2D eigenvalue weighted by Crippen LogP contribution is 2.22. The van der Waals surface area contributed by atoms with Gasteiger partial charge in [-0.1, -0.05) is 0 Å². The first-order chi connectivity index (χ1) is 13.7. The summed E-state index contributed by atoms with van der Waals surface area (Å²) in [6.45, 7) is 5.18. The van der Waals surface area contributed by atoms with Crippen LogP contribution in [0.4, 0.5) is 0 Å². The summed E-state index contributed by atoms with van der Waals surface area (Å²) in [6, 6.07) is 0. The van der Waals surface area contributed by atoms with Crippen molar-refractivity contribution in [2.24, 2.45) is 0 Å². The van der Waals surface area contributed by atoms with Crippen LogP contribution in [0.1, 0.15) is 43.2 Å². The molecule has 2 rings (SSSR count). The molecule has 2 heterocycles. The Morgan fingerprint density at radius 1 is 0.700 bits per heavy atom. The number of hydrogen-bond donors (Lipinski definition) is 6. The second kappa shape index (κ2) is 8.22. The average molecular weight is 463 g/mol. The lowest BCUT2D eigenvalue weighted by atomic mass is 10.2. The molecule has 0 aliphatic rings. The third-order valence-electron chi connectivity index (χ3n) is 4.71. The Labute approximate surface area is 172 Å². The van der Waals surface area contributed by atoms with E-state index in [1.807, 2.05) is 0 Å². The van der Waals surface area contributed by atoms with E-state index in [0.717, 1.165) is 0 Å². The molecule has 0 spiro atoms. The maximum Gasteiger partial charge on any atom is 0.352 e. The molecule has 6 N–H and O–H groups in total. The Kier molecular flexibility index (Phi) is 6.46. The van der Waals surface area contributed by atoms with Crippen LogP contribution >= 0.6 is 0 Å². The second-order valence-corrected chi connectivity index (χ2v) is 9.97. The Morgan fingerprint density at radius 2 is 1.00 bits per heavy atom. The summed E-state index contributed by atoms with van der Waals surface area (Å²) in [7, 11) is -8.24. The SMILES string of the molecule is Cc1c(C(=O)O)[nH]c(S(=O)(=O)NCCNS(=O)(=O)c2[nH]c(C(=O)O)c(C)c2C)c1C. The molecule has 14 heteroatoms. The third-order valence-corrected chi connectivity index (χ3v) is 7.77. The fourth-order valence-electron chi connectivity index (χ4n) is 2.80. The van der Waals surface area contributed by atoms with Gasteiger partial charge in [-0.15, -0.1) is 0 Å². The van der Waals surface area contributed by atoms with Crippen LogP contribution in [0.25, 0.3) is 0 Å². The van der Waals surface area contributed by atoms with Gasteiger partial charge in [0.05, 0.1) is 0 Å². The van der Waals surface area contributed by atoms with Gasteiger partial charge in [0.2, 0.25) is 0 Å². The van der Waals surface area contributed by atoms with Gasteiger partial charge in [-0.25, -0.2) is 35.9 Å². The average Bonchev–Trinajstić information content (AvgIpc) is 3.10. The van der Waals surface area contributed by atoms with Gasteiger partial charge < -0.3 is 20.2 Å².